The minimum absolute atomic E-state index is 0.186. The van der Waals surface area contributed by atoms with Crippen molar-refractivity contribution < 1.29 is 8.42 Å². The molecule has 2 saturated heterocycles. The quantitative estimate of drug-likeness (QED) is 0.834. The molecule has 0 unspecified atom stereocenters. The highest BCUT2D eigenvalue weighted by molar-refractivity contribution is 7.92. The number of piperidine rings is 2. The number of hydrogen-bond donors (Lipinski definition) is 0. The van der Waals surface area contributed by atoms with Crippen molar-refractivity contribution in [3.05, 3.63) is 30.3 Å². The number of benzene rings is 1. The molecule has 0 bridgehead atoms. The van der Waals surface area contributed by atoms with E-state index in [0.29, 0.717) is 10.9 Å². The van der Waals surface area contributed by atoms with Crippen LogP contribution in [0.5, 0.6) is 0 Å². The third-order valence-corrected chi connectivity index (χ3v) is 6.77. The van der Waals surface area contributed by atoms with Crippen LogP contribution in [0.25, 0.3) is 0 Å². The predicted octanol–water partition coefficient (Wildman–Crippen LogP) is 2.48. The molecule has 2 atom stereocenters. The molecule has 19 heavy (non-hydrogen) atoms. The van der Waals surface area contributed by atoms with Gasteiger partial charge in [-0.3, -0.25) is 0 Å². The fourth-order valence-corrected chi connectivity index (χ4v) is 5.25. The molecule has 0 radical (unpaired) electrons. The summed E-state index contributed by atoms with van der Waals surface area (Å²) in [6.45, 7) is 2.10. The average Bonchev–Trinajstić information content (AvgIpc) is 2.47. The molecular weight excluding hydrogens is 258 g/mol. The van der Waals surface area contributed by atoms with Crippen LogP contribution in [0, 0.1) is 0 Å². The van der Waals surface area contributed by atoms with Crippen LogP contribution in [0.4, 0.5) is 0 Å². The standard InChI is InChI=1S/C15H21NO2S/c17-19(18,14-7-2-1-3-8-14)15-9-11-16-10-5-4-6-13(16)12-15/h1-3,7-8,13,15H,4-6,9-12H2/t13-,15-/m0/s1. The van der Waals surface area contributed by atoms with Gasteiger partial charge in [-0.25, -0.2) is 8.42 Å². The SMILES string of the molecule is O=S(=O)(c1ccccc1)[C@H]1CCN2CCCC[C@H]2C1. The molecule has 1 aromatic rings. The first-order valence-corrected chi connectivity index (χ1v) is 8.75. The number of hydrogen-bond acceptors (Lipinski definition) is 3. The van der Waals surface area contributed by atoms with Crippen LogP contribution < -0.4 is 0 Å². The Morgan fingerprint density at radius 3 is 2.58 bits per heavy atom. The van der Waals surface area contributed by atoms with Crippen LogP contribution in [0.3, 0.4) is 0 Å². The Labute approximate surface area is 115 Å². The van der Waals surface area contributed by atoms with E-state index < -0.39 is 9.84 Å². The maximum absolute atomic E-state index is 12.6. The highest BCUT2D eigenvalue weighted by Gasteiger charge is 2.37. The summed E-state index contributed by atoms with van der Waals surface area (Å²) in [5.74, 6) is 0. The number of sulfone groups is 1. The third kappa shape index (κ3) is 2.56. The lowest BCUT2D eigenvalue weighted by atomic mass is 9.93. The Morgan fingerprint density at radius 1 is 1.00 bits per heavy atom. The Morgan fingerprint density at radius 2 is 1.79 bits per heavy atom. The van der Waals surface area contributed by atoms with Crippen LogP contribution in [-0.2, 0) is 9.84 Å². The molecule has 0 N–H and O–H groups in total. The molecule has 2 aliphatic heterocycles. The first-order chi connectivity index (χ1) is 9.18. The molecule has 1 aromatic carbocycles. The van der Waals surface area contributed by atoms with Crippen LogP contribution in [0.1, 0.15) is 32.1 Å². The highest BCUT2D eigenvalue weighted by atomic mass is 32.2. The zero-order valence-corrected chi connectivity index (χ0v) is 12.0. The maximum Gasteiger partial charge on any atom is 0.181 e. The van der Waals surface area contributed by atoms with Crippen molar-refractivity contribution in [2.24, 2.45) is 0 Å². The van der Waals surface area contributed by atoms with Crippen molar-refractivity contribution in [3.63, 3.8) is 0 Å². The molecule has 4 heteroatoms. The third-order valence-electron chi connectivity index (χ3n) is 4.53. The minimum atomic E-state index is -3.14. The molecular formula is C15H21NO2S. The van der Waals surface area contributed by atoms with Gasteiger partial charge in [-0.1, -0.05) is 24.6 Å². The van der Waals surface area contributed by atoms with Gasteiger partial charge in [0.1, 0.15) is 0 Å². The summed E-state index contributed by atoms with van der Waals surface area (Å²) in [6, 6.07) is 9.42. The van der Waals surface area contributed by atoms with Crippen molar-refractivity contribution >= 4 is 9.84 Å². The molecule has 0 saturated carbocycles. The second-order valence-corrected chi connectivity index (χ2v) is 7.92. The van der Waals surface area contributed by atoms with Crippen molar-refractivity contribution in [1.82, 2.24) is 4.90 Å². The average molecular weight is 279 g/mol. The topological polar surface area (TPSA) is 37.4 Å². The van der Waals surface area contributed by atoms with E-state index in [0.717, 1.165) is 25.9 Å². The van der Waals surface area contributed by atoms with E-state index in [1.165, 1.54) is 19.3 Å². The van der Waals surface area contributed by atoms with Gasteiger partial charge >= 0.3 is 0 Å². The summed E-state index contributed by atoms with van der Waals surface area (Å²) in [4.78, 5) is 2.98. The number of nitrogens with zero attached hydrogens (tertiary/aromatic N) is 1. The summed E-state index contributed by atoms with van der Waals surface area (Å²) < 4.78 is 25.3. The van der Waals surface area contributed by atoms with E-state index in [1.807, 2.05) is 18.2 Å². The monoisotopic (exact) mass is 279 g/mol. The van der Waals surface area contributed by atoms with Crippen LogP contribution >= 0.6 is 0 Å². The van der Waals surface area contributed by atoms with Crippen molar-refractivity contribution in [2.45, 2.75) is 48.3 Å². The van der Waals surface area contributed by atoms with Crippen molar-refractivity contribution in [2.75, 3.05) is 13.1 Å². The first kappa shape index (κ1) is 13.1. The molecule has 2 heterocycles. The molecule has 0 aromatic heterocycles. The lowest BCUT2D eigenvalue weighted by Crippen LogP contribution is -2.48. The highest BCUT2D eigenvalue weighted by Crippen LogP contribution is 2.31. The van der Waals surface area contributed by atoms with Gasteiger partial charge in [0.2, 0.25) is 0 Å². The number of rotatable bonds is 2. The second-order valence-electron chi connectivity index (χ2n) is 5.69. The van der Waals surface area contributed by atoms with E-state index in [9.17, 15) is 8.42 Å². The summed E-state index contributed by atoms with van der Waals surface area (Å²) in [7, 11) is -3.14. The zero-order chi connectivity index (χ0) is 13.3. The Balaban J connectivity index is 1.79. The summed E-state index contributed by atoms with van der Waals surface area (Å²) in [6.07, 6.45) is 5.29. The fourth-order valence-electron chi connectivity index (χ4n) is 3.44. The summed E-state index contributed by atoms with van der Waals surface area (Å²) in [5, 5.41) is -0.186. The fraction of sp³-hybridized carbons (Fsp3) is 0.600. The minimum Gasteiger partial charge on any atom is -0.300 e. The van der Waals surface area contributed by atoms with Gasteiger partial charge in [0, 0.05) is 6.04 Å². The van der Waals surface area contributed by atoms with Gasteiger partial charge in [0.05, 0.1) is 10.1 Å². The molecule has 0 spiro atoms. The lowest BCUT2D eigenvalue weighted by molar-refractivity contribution is 0.110. The largest absolute Gasteiger partial charge is 0.300 e. The van der Waals surface area contributed by atoms with Gasteiger partial charge in [-0.2, -0.15) is 0 Å². The number of fused-ring (bicyclic) bond motifs is 1. The van der Waals surface area contributed by atoms with Gasteiger partial charge < -0.3 is 4.90 Å². The van der Waals surface area contributed by atoms with Crippen molar-refractivity contribution in [1.29, 1.82) is 0 Å². The van der Waals surface area contributed by atoms with Crippen LogP contribution in [-0.4, -0.2) is 37.7 Å². The normalized spacial score (nSPS) is 28.8. The Bertz CT molecular complexity index is 526. The van der Waals surface area contributed by atoms with E-state index >= 15 is 0 Å². The van der Waals surface area contributed by atoms with Crippen LogP contribution in [0.15, 0.2) is 35.2 Å². The van der Waals surface area contributed by atoms with E-state index in [2.05, 4.69) is 4.90 Å². The lowest BCUT2D eigenvalue weighted by Gasteiger charge is -2.42. The molecule has 2 aliphatic rings. The molecule has 3 rings (SSSR count). The zero-order valence-electron chi connectivity index (χ0n) is 11.2. The molecule has 3 nitrogen and oxygen atoms in total. The molecule has 2 fully saturated rings. The molecule has 0 amide bonds. The Hall–Kier alpha value is -0.870. The Kier molecular flexibility index (Phi) is 3.63. The van der Waals surface area contributed by atoms with E-state index in [1.54, 1.807) is 12.1 Å². The predicted molar refractivity (Wildman–Crippen MR) is 75.9 cm³/mol. The van der Waals surface area contributed by atoms with Crippen LogP contribution in [0.2, 0.25) is 0 Å². The van der Waals surface area contributed by atoms with E-state index in [-0.39, 0.29) is 5.25 Å². The van der Waals surface area contributed by atoms with Gasteiger partial charge in [-0.05, 0) is 50.9 Å². The van der Waals surface area contributed by atoms with Gasteiger partial charge in [-0.15, -0.1) is 0 Å². The smallest absolute Gasteiger partial charge is 0.181 e. The summed E-state index contributed by atoms with van der Waals surface area (Å²) in [5.41, 5.74) is 0. The maximum atomic E-state index is 12.6. The molecule has 104 valence electrons. The van der Waals surface area contributed by atoms with Gasteiger partial charge in [0.15, 0.2) is 9.84 Å². The van der Waals surface area contributed by atoms with E-state index in [4.69, 9.17) is 0 Å². The first-order valence-electron chi connectivity index (χ1n) is 7.21. The second kappa shape index (κ2) is 5.25. The summed E-state index contributed by atoms with van der Waals surface area (Å²) >= 11 is 0. The van der Waals surface area contributed by atoms with Crippen molar-refractivity contribution in [3.8, 4) is 0 Å². The van der Waals surface area contributed by atoms with Gasteiger partial charge in [0.25, 0.3) is 0 Å². The molecule has 0 aliphatic carbocycles.